The van der Waals surface area contributed by atoms with E-state index in [2.05, 4.69) is 5.43 Å². The molecule has 7 nitrogen and oxygen atoms in total. The molecule has 1 aliphatic heterocycles. The molecule has 2 rings (SSSR count). The van der Waals surface area contributed by atoms with Crippen LogP contribution < -0.4 is 10.2 Å². The van der Waals surface area contributed by atoms with Gasteiger partial charge < -0.3 is 19.8 Å². The smallest absolute Gasteiger partial charge is 0.340 e. The van der Waals surface area contributed by atoms with Crippen LogP contribution in [0.25, 0.3) is 0 Å². The van der Waals surface area contributed by atoms with Gasteiger partial charge in [0.15, 0.2) is 5.78 Å². The third-order valence-electron chi connectivity index (χ3n) is 3.94. The molecule has 1 atom stereocenters. The van der Waals surface area contributed by atoms with Crippen LogP contribution in [0.5, 0.6) is 5.75 Å². The maximum absolute atomic E-state index is 12.9. The Labute approximate surface area is 153 Å². The minimum atomic E-state index is -1.55. The number of ether oxygens (including phenoxy) is 2. The molecule has 0 saturated heterocycles. The zero-order chi connectivity index (χ0) is 19.2. The third-order valence-corrected chi connectivity index (χ3v) is 3.94. The van der Waals surface area contributed by atoms with Crippen molar-refractivity contribution >= 4 is 11.8 Å². The van der Waals surface area contributed by atoms with E-state index in [-0.39, 0.29) is 12.4 Å². The van der Waals surface area contributed by atoms with Gasteiger partial charge in [-0.1, -0.05) is 12.1 Å². The van der Waals surface area contributed by atoms with Crippen LogP contribution in [0, 0.1) is 0 Å². The number of carbonyl (C=O) groups excluding carboxylic acids is 2. The molecule has 0 amide bonds. The molecule has 1 N–H and O–H groups in total. The van der Waals surface area contributed by atoms with E-state index in [1.807, 2.05) is 24.3 Å². The van der Waals surface area contributed by atoms with Gasteiger partial charge in [0, 0.05) is 39.1 Å². The van der Waals surface area contributed by atoms with Crippen molar-refractivity contribution in [2.75, 3.05) is 27.8 Å². The van der Waals surface area contributed by atoms with E-state index in [0.29, 0.717) is 12.3 Å². The molecule has 0 bridgehead atoms. The highest BCUT2D eigenvalue weighted by atomic mass is 16.5. The normalized spacial score (nSPS) is 19.4. The minimum Gasteiger partial charge on any atom is -0.497 e. The number of rotatable bonds is 8. The lowest BCUT2D eigenvalue weighted by molar-refractivity contribution is -0.159. The van der Waals surface area contributed by atoms with Gasteiger partial charge in [-0.2, -0.15) is 5.01 Å². The third kappa shape index (κ3) is 4.05. The molecule has 0 aromatic heterocycles. The number of ketones is 1. The zero-order valence-electron chi connectivity index (χ0n) is 15.6. The molecule has 1 heterocycles. The van der Waals surface area contributed by atoms with E-state index in [1.165, 1.54) is 12.2 Å². The summed E-state index contributed by atoms with van der Waals surface area (Å²) in [6.45, 7) is 2.21. The largest absolute Gasteiger partial charge is 0.497 e. The summed E-state index contributed by atoms with van der Waals surface area (Å²) in [7, 11) is 5.20. The topological polar surface area (TPSA) is 71.1 Å². The summed E-state index contributed by atoms with van der Waals surface area (Å²) in [6, 6.07) is 7.45. The van der Waals surface area contributed by atoms with Crippen molar-refractivity contribution in [3.63, 3.8) is 0 Å². The molecule has 1 aliphatic rings. The fraction of sp³-hybridized carbons (Fsp3) is 0.368. The van der Waals surface area contributed by atoms with Crippen LogP contribution in [-0.2, 0) is 20.9 Å². The number of benzene rings is 1. The van der Waals surface area contributed by atoms with Gasteiger partial charge in [-0.3, -0.25) is 4.79 Å². The molecule has 140 valence electrons. The van der Waals surface area contributed by atoms with Crippen molar-refractivity contribution in [3.8, 4) is 5.75 Å². The van der Waals surface area contributed by atoms with Crippen molar-refractivity contribution in [2.24, 2.45) is 0 Å². The van der Waals surface area contributed by atoms with Crippen molar-refractivity contribution in [1.82, 2.24) is 15.3 Å². The number of hydrogen-bond acceptors (Lipinski definition) is 7. The van der Waals surface area contributed by atoms with Gasteiger partial charge in [-0.05, 0) is 30.7 Å². The van der Waals surface area contributed by atoms with Gasteiger partial charge in [0.2, 0.25) is 5.54 Å². The predicted octanol–water partition coefficient (Wildman–Crippen LogP) is 1.48. The monoisotopic (exact) mass is 359 g/mol. The van der Waals surface area contributed by atoms with Crippen LogP contribution in [0.1, 0.15) is 12.5 Å². The lowest BCUT2D eigenvalue weighted by atomic mass is 9.93. The fourth-order valence-corrected chi connectivity index (χ4v) is 2.64. The van der Waals surface area contributed by atoms with Crippen LogP contribution in [0.2, 0.25) is 0 Å². The molecule has 7 heteroatoms. The molecule has 1 aromatic carbocycles. The average Bonchev–Trinajstić information content (AvgIpc) is 3.04. The summed E-state index contributed by atoms with van der Waals surface area (Å²) in [5.74, 6) is -0.290. The first-order valence-electron chi connectivity index (χ1n) is 8.34. The summed E-state index contributed by atoms with van der Waals surface area (Å²) in [4.78, 5) is 27.4. The number of esters is 1. The molecular weight excluding hydrogens is 334 g/mol. The number of methoxy groups -OCH3 is 1. The Bertz CT molecular complexity index is 714. The highest BCUT2D eigenvalue weighted by Gasteiger charge is 2.51. The second-order valence-corrected chi connectivity index (χ2v) is 6.03. The molecule has 0 aliphatic carbocycles. The molecule has 0 saturated carbocycles. The Morgan fingerprint density at radius 3 is 2.77 bits per heavy atom. The summed E-state index contributed by atoms with van der Waals surface area (Å²) in [5.41, 5.74) is 2.32. The Balaban J connectivity index is 2.36. The number of hydrazine groups is 1. The molecule has 1 aromatic rings. The van der Waals surface area contributed by atoms with E-state index in [0.717, 1.165) is 5.56 Å². The predicted molar refractivity (Wildman–Crippen MR) is 98.0 cm³/mol. The van der Waals surface area contributed by atoms with Crippen molar-refractivity contribution in [3.05, 3.63) is 54.4 Å². The SMILES string of the molecule is CCOC(=O)C1(C(=O)/C=C/N(C)C)C=CNN1Cc1cccc(OC)c1. The highest BCUT2D eigenvalue weighted by Crippen LogP contribution is 2.27. The van der Waals surface area contributed by atoms with Gasteiger partial charge in [0.05, 0.1) is 13.7 Å². The molecule has 0 fully saturated rings. The van der Waals surface area contributed by atoms with Gasteiger partial charge in [0.25, 0.3) is 0 Å². The lowest BCUT2D eigenvalue weighted by Crippen LogP contribution is -2.59. The molecular formula is C19H25N3O4. The molecule has 1 unspecified atom stereocenters. The van der Waals surface area contributed by atoms with Crippen LogP contribution in [0.3, 0.4) is 0 Å². The van der Waals surface area contributed by atoms with Crippen LogP contribution in [0.15, 0.2) is 48.8 Å². The Hall–Kier alpha value is -2.80. The van der Waals surface area contributed by atoms with Gasteiger partial charge in [0.1, 0.15) is 5.75 Å². The molecule has 0 radical (unpaired) electrons. The van der Waals surface area contributed by atoms with E-state index in [4.69, 9.17) is 9.47 Å². The quantitative estimate of drug-likeness (QED) is 0.428. The minimum absolute atomic E-state index is 0.187. The summed E-state index contributed by atoms with van der Waals surface area (Å²) in [6.07, 6.45) is 6.11. The highest BCUT2D eigenvalue weighted by molar-refractivity contribution is 6.15. The number of carbonyl (C=O) groups is 2. The maximum atomic E-state index is 12.9. The van der Waals surface area contributed by atoms with Gasteiger partial charge in [-0.15, -0.1) is 0 Å². The first kappa shape index (κ1) is 19.5. The van der Waals surface area contributed by atoms with Crippen molar-refractivity contribution < 1.29 is 19.1 Å². The number of nitrogens with zero attached hydrogens (tertiary/aromatic N) is 2. The summed E-state index contributed by atoms with van der Waals surface area (Å²) in [5, 5.41) is 1.57. The van der Waals surface area contributed by atoms with Crippen LogP contribution in [0.4, 0.5) is 0 Å². The average molecular weight is 359 g/mol. The Morgan fingerprint density at radius 2 is 2.12 bits per heavy atom. The van der Waals surface area contributed by atoms with E-state index >= 15 is 0 Å². The summed E-state index contributed by atoms with van der Waals surface area (Å²) >= 11 is 0. The number of hydrogen-bond donors (Lipinski definition) is 1. The molecule has 26 heavy (non-hydrogen) atoms. The first-order valence-corrected chi connectivity index (χ1v) is 8.34. The Morgan fingerprint density at radius 1 is 1.35 bits per heavy atom. The van der Waals surface area contributed by atoms with Gasteiger partial charge in [-0.25, -0.2) is 4.79 Å². The summed E-state index contributed by atoms with van der Waals surface area (Å²) < 4.78 is 10.4. The first-order chi connectivity index (χ1) is 12.4. The van der Waals surface area contributed by atoms with E-state index in [1.54, 1.807) is 50.4 Å². The standard InChI is InChI=1S/C19H25N3O4/c1-5-26-18(24)19(17(23)9-12-21(2)3)10-11-20-22(19)14-15-7-6-8-16(13-15)25-4/h6-13,20H,5,14H2,1-4H3/b12-9+. The van der Waals surface area contributed by atoms with Crippen LogP contribution in [-0.4, -0.2) is 55.0 Å². The Kier molecular flexibility index (Phi) is 6.41. The van der Waals surface area contributed by atoms with Crippen molar-refractivity contribution in [1.29, 1.82) is 0 Å². The van der Waals surface area contributed by atoms with E-state index < -0.39 is 11.5 Å². The maximum Gasteiger partial charge on any atom is 0.340 e. The lowest BCUT2D eigenvalue weighted by Gasteiger charge is -2.33. The number of nitrogens with one attached hydrogen (secondary N) is 1. The zero-order valence-corrected chi connectivity index (χ0v) is 15.6. The van der Waals surface area contributed by atoms with Gasteiger partial charge >= 0.3 is 5.97 Å². The van der Waals surface area contributed by atoms with E-state index in [9.17, 15) is 9.59 Å². The fourth-order valence-electron chi connectivity index (χ4n) is 2.64. The molecule has 0 spiro atoms. The van der Waals surface area contributed by atoms with Crippen LogP contribution >= 0.6 is 0 Å². The van der Waals surface area contributed by atoms with Crippen molar-refractivity contribution in [2.45, 2.75) is 19.0 Å². The second-order valence-electron chi connectivity index (χ2n) is 6.03. The second kappa shape index (κ2) is 8.53.